The third-order valence-corrected chi connectivity index (χ3v) is 1.88. The Hall–Kier alpha value is -1.12. The molecule has 0 radical (unpaired) electrons. The molecule has 0 amide bonds. The fraction of sp³-hybridized carbons (Fsp3) is 0.556. The summed E-state index contributed by atoms with van der Waals surface area (Å²) in [4.78, 5) is 21.8. The van der Waals surface area contributed by atoms with Gasteiger partial charge in [-0.2, -0.15) is 0 Å². The summed E-state index contributed by atoms with van der Waals surface area (Å²) in [6.45, 7) is 0. The fourth-order valence-corrected chi connectivity index (χ4v) is 1.24. The summed E-state index contributed by atoms with van der Waals surface area (Å²) in [5.41, 5.74) is 0.901. The normalized spacial score (nSPS) is 17.1. The van der Waals surface area contributed by atoms with E-state index in [0.717, 1.165) is 12.0 Å². The van der Waals surface area contributed by atoms with Crippen LogP contribution in [0.15, 0.2) is 11.6 Å². The third-order valence-electron chi connectivity index (χ3n) is 1.88. The maximum absolute atomic E-state index is 11.0. The molecule has 0 aromatic rings. The monoisotopic (exact) mass is 168 g/mol. The van der Waals surface area contributed by atoms with Crippen molar-refractivity contribution in [2.75, 3.05) is 7.11 Å². The molecule has 0 heterocycles. The van der Waals surface area contributed by atoms with E-state index in [4.69, 9.17) is 0 Å². The van der Waals surface area contributed by atoms with Gasteiger partial charge in [0.25, 0.3) is 0 Å². The summed E-state index contributed by atoms with van der Waals surface area (Å²) in [7, 11) is 1.35. The zero-order chi connectivity index (χ0) is 8.97. The maximum atomic E-state index is 11.0. The van der Waals surface area contributed by atoms with Crippen molar-refractivity contribution in [1.82, 2.24) is 0 Å². The first-order valence-corrected chi connectivity index (χ1v) is 3.99. The van der Waals surface area contributed by atoms with Crippen molar-refractivity contribution in [3.63, 3.8) is 0 Å². The van der Waals surface area contributed by atoms with Gasteiger partial charge in [-0.3, -0.25) is 9.59 Å². The van der Waals surface area contributed by atoms with Gasteiger partial charge in [0.1, 0.15) is 5.78 Å². The molecule has 0 fully saturated rings. The quantitative estimate of drug-likeness (QED) is 0.460. The van der Waals surface area contributed by atoms with Gasteiger partial charge in [0, 0.05) is 12.8 Å². The Bertz CT molecular complexity index is 228. The van der Waals surface area contributed by atoms with Gasteiger partial charge in [-0.1, -0.05) is 11.6 Å². The summed E-state index contributed by atoms with van der Waals surface area (Å²) in [6.07, 6.45) is 4.03. The lowest BCUT2D eigenvalue weighted by Crippen LogP contribution is -2.09. The lowest BCUT2D eigenvalue weighted by molar-refractivity contribution is -0.139. The van der Waals surface area contributed by atoms with Crippen LogP contribution in [-0.2, 0) is 14.3 Å². The minimum absolute atomic E-state index is 0.219. The van der Waals surface area contributed by atoms with Crippen LogP contribution in [-0.4, -0.2) is 18.9 Å². The van der Waals surface area contributed by atoms with Crippen LogP contribution in [0.1, 0.15) is 25.7 Å². The summed E-state index contributed by atoms with van der Waals surface area (Å²) >= 11 is 0. The number of allylic oxidation sites excluding steroid dienone is 1. The highest BCUT2D eigenvalue weighted by molar-refractivity contribution is 5.84. The highest BCUT2D eigenvalue weighted by Gasteiger charge is 2.13. The number of esters is 1. The first kappa shape index (κ1) is 8.97. The Labute approximate surface area is 71.4 Å². The van der Waals surface area contributed by atoms with Gasteiger partial charge in [-0.25, -0.2) is 0 Å². The van der Waals surface area contributed by atoms with Gasteiger partial charge in [-0.15, -0.1) is 0 Å². The summed E-state index contributed by atoms with van der Waals surface area (Å²) in [5, 5.41) is 0. The average molecular weight is 168 g/mol. The minimum atomic E-state index is -0.268. The Balaban J connectivity index is 2.46. The number of methoxy groups -OCH3 is 1. The highest BCUT2D eigenvalue weighted by Crippen LogP contribution is 2.17. The smallest absolute Gasteiger partial charge is 0.309 e. The van der Waals surface area contributed by atoms with Gasteiger partial charge in [-0.05, 0) is 6.42 Å². The van der Waals surface area contributed by atoms with Crippen molar-refractivity contribution in [3.8, 4) is 0 Å². The first-order valence-electron chi connectivity index (χ1n) is 3.99. The van der Waals surface area contributed by atoms with Crippen molar-refractivity contribution in [2.45, 2.75) is 25.7 Å². The molecule has 1 rings (SSSR count). The molecule has 0 saturated carbocycles. The molecule has 0 bridgehead atoms. The number of ether oxygens (including phenoxy) is 1. The summed E-state index contributed by atoms with van der Waals surface area (Å²) in [6, 6.07) is 0. The molecule has 0 unspecified atom stereocenters. The SMILES string of the molecule is COC(=O)CC1=CCCC(=O)C1. The predicted octanol–water partition coefficient (Wildman–Crippen LogP) is 1.23. The van der Waals surface area contributed by atoms with E-state index < -0.39 is 0 Å². The highest BCUT2D eigenvalue weighted by atomic mass is 16.5. The maximum Gasteiger partial charge on any atom is 0.309 e. The van der Waals surface area contributed by atoms with Gasteiger partial charge in [0.2, 0.25) is 0 Å². The Morgan fingerprint density at radius 3 is 3.00 bits per heavy atom. The van der Waals surface area contributed by atoms with Crippen molar-refractivity contribution >= 4 is 11.8 Å². The van der Waals surface area contributed by atoms with Gasteiger partial charge in [0.15, 0.2) is 0 Å². The molecular weight excluding hydrogens is 156 g/mol. The van der Waals surface area contributed by atoms with Crippen molar-refractivity contribution in [1.29, 1.82) is 0 Å². The van der Waals surface area contributed by atoms with E-state index in [9.17, 15) is 9.59 Å². The van der Waals surface area contributed by atoms with Crippen LogP contribution in [0.25, 0.3) is 0 Å². The second-order valence-electron chi connectivity index (χ2n) is 2.87. The molecular formula is C9H12O3. The number of carbonyl (C=O) groups excluding carboxylic acids is 2. The standard InChI is InChI=1S/C9H12O3/c1-12-9(11)6-7-3-2-4-8(10)5-7/h3H,2,4-6H2,1H3. The first-order chi connectivity index (χ1) is 5.72. The number of hydrogen-bond donors (Lipinski definition) is 0. The molecule has 0 spiro atoms. The molecule has 3 nitrogen and oxygen atoms in total. The number of rotatable bonds is 2. The van der Waals surface area contributed by atoms with E-state index in [-0.39, 0.29) is 18.2 Å². The summed E-state index contributed by atoms with van der Waals surface area (Å²) in [5.74, 6) is -0.0487. The van der Waals surface area contributed by atoms with Crippen molar-refractivity contribution < 1.29 is 14.3 Å². The lowest BCUT2D eigenvalue weighted by Gasteiger charge is -2.09. The second kappa shape index (κ2) is 4.04. The Morgan fingerprint density at radius 2 is 2.42 bits per heavy atom. The van der Waals surface area contributed by atoms with Crippen LogP contribution in [0.5, 0.6) is 0 Å². The van der Waals surface area contributed by atoms with Crippen molar-refractivity contribution in [2.24, 2.45) is 0 Å². The van der Waals surface area contributed by atoms with Crippen LogP contribution in [0.2, 0.25) is 0 Å². The van der Waals surface area contributed by atoms with Crippen LogP contribution >= 0.6 is 0 Å². The Morgan fingerprint density at radius 1 is 1.67 bits per heavy atom. The molecule has 12 heavy (non-hydrogen) atoms. The van der Waals surface area contributed by atoms with E-state index >= 15 is 0 Å². The van der Waals surface area contributed by atoms with E-state index in [0.29, 0.717) is 12.8 Å². The minimum Gasteiger partial charge on any atom is -0.469 e. The van der Waals surface area contributed by atoms with Gasteiger partial charge >= 0.3 is 5.97 Å². The van der Waals surface area contributed by atoms with Crippen LogP contribution in [0, 0.1) is 0 Å². The van der Waals surface area contributed by atoms with Crippen LogP contribution in [0.3, 0.4) is 0 Å². The second-order valence-corrected chi connectivity index (χ2v) is 2.87. The molecule has 0 atom stereocenters. The average Bonchev–Trinajstić information content (AvgIpc) is 2.04. The van der Waals surface area contributed by atoms with E-state index in [2.05, 4.69) is 4.74 Å². The molecule has 1 aliphatic rings. The molecule has 0 saturated heterocycles. The molecule has 0 aliphatic heterocycles. The van der Waals surface area contributed by atoms with Gasteiger partial charge in [0.05, 0.1) is 13.5 Å². The number of hydrogen-bond acceptors (Lipinski definition) is 3. The topological polar surface area (TPSA) is 43.4 Å². The summed E-state index contributed by atoms with van der Waals surface area (Å²) < 4.78 is 4.50. The molecule has 0 aromatic heterocycles. The lowest BCUT2D eigenvalue weighted by atomic mass is 9.96. The number of Topliss-reactive ketones (excluding diaryl/α,β-unsaturated/α-hetero) is 1. The number of ketones is 1. The van der Waals surface area contributed by atoms with Crippen molar-refractivity contribution in [3.05, 3.63) is 11.6 Å². The van der Waals surface area contributed by atoms with Crippen LogP contribution < -0.4 is 0 Å². The largest absolute Gasteiger partial charge is 0.469 e. The van der Waals surface area contributed by atoms with E-state index in [1.54, 1.807) is 0 Å². The zero-order valence-corrected chi connectivity index (χ0v) is 7.13. The zero-order valence-electron chi connectivity index (χ0n) is 7.13. The number of carbonyl (C=O) groups is 2. The predicted molar refractivity (Wildman–Crippen MR) is 43.6 cm³/mol. The molecule has 0 aromatic carbocycles. The molecule has 1 aliphatic carbocycles. The van der Waals surface area contributed by atoms with Crippen LogP contribution in [0.4, 0.5) is 0 Å². The third kappa shape index (κ3) is 2.49. The van der Waals surface area contributed by atoms with E-state index in [1.165, 1.54) is 7.11 Å². The molecule has 0 N–H and O–H groups in total. The van der Waals surface area contributed by atoms with Gasteiger partial charge < -0.3 is 4.74 Å². The molecule has 3 heteroatoms. The van der Waals surface area contributed by atoms with E-state index in [1.807, 2.05) is 6.08 Å². The Kier molecular flexibility index (Phi) is 3.02. The molecule has 66 valence electrons. The fourth-order valence-electron chi connectivity index (χ4n) is 1.24.